The van der Waals surface area contributed by atoms with Gasteiger partial charge in [-0.1, -0.05) is 30.3 Å². The lowest BCUT2D eigenvalue weighted by atomic mass is 9.96. The van der Waals surface area contributed by atoms with E-state index in [4.69, 9.17) is 5.73 Å². The molecule has 24 heavy (non-hydrogen) atoms. The van der Waals surface area contributed by atoms with Crippen LogP contribution in [0, 0.1) is 0 Å². The molecular weight excluding hydrogens is 296 g/mol. The quantitative estimate of drug-likeness (QED) is 0.909. The van der Waals surface area contributed by atoms with Crippen LogP contribution in [0.5, 0.6) is 0 Å². The van der Waals surface area contributed by atoms with Crippen molar-refractivity contribution in [3.63, 3.8) is 0 Å². The monoisotopic (exact) mass is 320 g/mol. The molecule has 2 aromatic rings. The second-order valence-electron chi connectivity index (χ2n) is 6.82. The van der Waals surface area contributed by atoms with E-state index in [1.54, 1.807) is 0 Å². The van der Waals surface area contributed by atoms with E-state index in [1.807, 2.05) is 0 Å². The van der Waals surface area contributed by atoms with Crippen LogP contribution in [0.3, 0.4) is 0 Å². The van der Waals surface area contributed by atoms with Crippen molar-refractivity contribution in [1.29, 1.82) is 0 Å². The SMILES string of the molecule is C[C@H]1CCCN1Cc1ccccc1-c1ccc2c(c1)CN=C(N)N2. The van der Waals surface area contributed by atoms with E-state index >= 15 is 0 Å². The van der Waals surface area contributed by atoms with Gasteiger partial charge in [-0.15, -0.1) is 0 Å². The molecule has 0 saturated carbocycles. The Labute approximate surface area is 143 Å². The first kappa shape index (κ1) is 15.2. The molecule has 0 spiro atoms. The highest BCUT2D eigenvalue weighted by Crippen LogP contribution is 2.31. The Balaban J connectivity index is 1.65. The molecule has 0 bridgehead atoms. The second kappa shape index (κ2) is 6.29. The van der Waals surface area contributed by atoms with Crippen LogP contribution in [0.1, 0.15) is 30.9 Å². The number of fused-ring (bicyclic) bond motifs is 1. The van der Waals surface area contributed by atoms with E-state index in [1.165, 1.54) is 41.6 Å². The number of nitrogens with one attached hydrogen (secondary N) is 1. The van der Waals surface area contributed by atoms with Gasteiger partial charge in [-0.2, -0.15) is 0 Å². The topological polar surface area (TPSA) is 53.6 Å². The molecule has 1 atom stereocenters. The van der Waals surface area contributed by atoms with E-state index in [2.05, 4.69) is 64.6 Å². The van der Waals surface area contributed by atoms with Crippen molar-refractivity contribution in [3.05, 3.63) is 53.6 Å². The van der Waals surface area contributed by atoms with Gasteiger partial charge >= 0.3 is 0 Å². The van der Waals surface area contributed by atoms with Crippen molar-refractivity contribution in [1.82, 2.24) is 4.90 Å². The highest BCUT2D eigenvalue weighted by atomic mass is 15.2. The molecule has 1 saturated heterocycles. The normalized spacial score (nSPS) is 20.4. The minimum Gasteiger partial charge on any atom is -0.370 e. The average Bonchev–Trinajstić information content (AvgIpc) is 3.00. The molecule has 0 aromatic heterocycles. The highest BCUT2D eigenvalue weighted by molar-refractivity contribution is 5.95. The van der Waals surface area contributed by atoms with Gasteiger partial charge in [-0.05, 0) is 60.7 Å². The molecule has 2 heterocycles. The molecule has 0 amide bonds. The summed E-state index contributed by atoms with van der Waals surface area (Å²) < 4.78 is 0. The number of benzene rings is 2. The summed E-state index contributed by atoms with van der Waals surface area (Å²) in [6.07, 6.45) is 2.62. The van der Waals surface area contributed by atoms with Crippen LogP contribution >= 0.6 is 0 Å². The Morgan fingerprint density at radius 3 is 2.96 bits per heavy atom. The van der Waals surface area contributed by atoms with Crippen LogP contribution in [-0.2, 0) is 13.1 Å². The summed E-state index contributed by atoms with van der Waals surface area (Å²) in [6.45, 7) is 5.21. The van der Waals surface area contributed by atoms with Crippen LogP contribution in [0.25, 0.3) is 11.1 Å². The van der Waals surface area contributed by atoms with E-state index in [-0.39, 0.29) is 0 Å². The number of nitrogens with zero attached hydrogens (tertiary/aromatic N) is 2. The van der Waals surface area contributed by atoms with Gasteiger partial charge in [-0.25, -0.2) is 4.99 Å². The number of hydrogen-bond donors (Lipinski definition) is 2. The number of nitrogens with two attached hydrogens (primary N) is 1. The lowest BCUT2D eigenvalue weighted by Gasteiger charge is -2.23. The third kappa shape index (κ3) is 2.89. The Hall–Kier alpha value is -2.33. The predicted octanol–water partition coefficient (Wildman–Crippen LogP) is 3.58. The Morgan fingerprint density at radius 2 is 2.12 bits per heavy atom. The van der Waals surface area contributed by atoms with Gasteiger partial charge in [0.25, 0.3) is 0 Å². The molecule has 1 fully saturated rings. The zero-order valence-electron chi connectivity index (χ0n) is 14.1. The first-order chi connectivity index (χ1) is 11.7. The lowest BCUT2D eigenvalue weighted by molar-refractivity contribution is 0.261. The summed E-state index contributed by atoms with van der Waals surface area (Å²) in [6, 6.07) is 16.0. The van der Waals surface area contributed by atoms with E-state index < -0.39 is 0 Å². The summed E-state index contributed by atoms with van der Waals surface area (Å²) >= 11 is 0. The van der Waals surface area contributed by atoms with Crippen LogP contribution < -0.4 is 11.1 Å². The van der Waals surface area contributed by atoms with Crippen molar-refractivity contribution in [2.45, 2.75) is 38.9 Å². The van der Waals surface area contributed by atoms with Crippen LogP contribution in [0.2, 0.25) is 0 Å². The molecule has 2 aromatic carbocycles. The molecule has 0 aliphatic carbocycles. The molecule has 4 rings (SSSR count). The van der Waals surface area contributed by atoms with Gasteiger partial charge in [0, 0.05) is 18.3 Å². The molecule has 4 heteroatoms. The van der Waals surface area contributed by atoms with Crippen molar-refractivity contribution in [2.24, 2.45) is 10.7 Å². The van der Waals surface area contributed by atoms with Crippen LogP contribution in [0.4, 0.5) is 5.69 Å². The van der Waals surface area contributed by atoms with Crippen LogP contribution in [-0.4, -0.2) is 23.4 Å². The van der Waals surface area contributed by atoms with E-state index in [9.17, 15) is 0 Å². The number of hydrogen-bond acceptors (Lipinski definition) is 4. The first-order valence-corrected chi connectivity index (χ1v) is 8.73. The van der Waals surface area contributed by atoms with Crippen molar-refractivity contribution < 1.29 is 0 Å². The molecule has 2 aliphatic rings. The number of anilines is 1. The van der Waals surface area contributed by atoms with Crippen molar-refractivity contribution in [3.8, 4) is 11.1 Å². The molecule has 3 N–H and O–H groups in total. The summed E-state index contributed by atoms with van der Waals surface area (Å²) in [4.78, 5) is 6.88. The van der Waals surface area contributed by atoms with Gasteiger partial charge < -0.3 is 11.1 Å². The summed E-state index contributed by atoms with van der Waals surface area (Å²) in [5.74, 6) is 0.499. The minimum atomic E-state index is 0.499. The van der Waals surface area contributed by atoms with E-state index in [0.29, 0.717) is 18.5 Å². The van der Waals surface area contributed by atoms with Gasteiger partial charge in [0.15, 0.2) is 5.96 Å². The fraction of sp³-hybridized carbons (Fsp3) is 0.350. The maximum absolute atomic E-state index is 5.76. The second-order valence-corrected chi connectivity index (χ2v) is 6.82. The van der Waals surface area contributed by atoms with Gasteiger partial charge in [-0.3, -0.25) is 4.90 Å². The number of aliphatic imine (C=N–C) groups is 1. The summed E-state index contributed by atoms with van der Waals surface area (Å²) in [5.41, 5.74) is 12.0. The number of guanidine groups is 1. The Kier molecular flexibility index (Phi) is 3.98. The maximum atomic E-state index is 5.76. The fourth-order valence-electron chi connectivity index (χ4n) is 3.75. The fourth-order valence-corrected chi connectivity index (χ4v) is 3.75. The standard InChI is InChI=1S/C20H24N4/c1-14-5-4-10-24(14)13-16-6-2-3-7-18(16)15-8-9-19-17(11-15)12-22-20(21)23-19/h2-3,6-9,11,14H,4-5,10,12-13H2,1H3,(H3,21,22,23)/t14-/m0/s1. The number of rotatable bonds is 3. The largest absolute Gasteiger partial charge is 0.370 e. The molecule has 124 valence electrons. The van der Waals surface area contributed by atoms with E-state index in [0.717, 1.165) is 12.2 Å². The molecule has 0 unspecified atom stereocenters. The smallest absolute Gasteiger partial charge is 0.193 e. The zero-order chi connectivity index (χ0) is 16.5. The molecule has 0 radical (unpaired) electrons. The maximum Gasteiger partial charge on any atom is 0.193 e. The third-order valence-electron chi connectivity index (χ3n) is 5.18. The van der Waals surface area contributed by atoms with Gasteiger partial charge in [0.1, 0.15) is 0 Å². The number of likely N-dealkylation sites (tertiary alicyclic amines) is 1. The third-order valence-corrected chi connectivity index (χ3v) is 5.18. The zero-order valence-corrected chi connectivity index (χ0v) is 14.1. The highest BCUT2D eigenvalue weighted by Gasteiger charge is 2.21. The Bertz CT molecular complexity index is 781. The van der Waals surface area contributed by atoms with Crippen molar-refractivity contribution >= 4 is 11.6 Å². The minimum absolute atomic E-state index is 0.499. The van der Waals surface area contributed by atoms with Gasteiger partial charge in [0.2, 0.25) is 0 Å². The average molecular weight is 320 g/mol. The summed E-state index contributed by atoms with van der Waals surface area (Å²) in [7, 11) is 0. The van der Waals surface area contributed by atoms with Crippen molar-refractivity contribution in [2.75, 3.05) is 11.9 Å². The molecule has 4 nitrogen and oxygen atoms in total. The first-order valence-electron chi connectivity index (χ1n) is 8.73. The van der Waals surface area contributed by atoms with Gasteiger partial charge in [0.05, 0.1) is 6.54 Å². The summed E-state index contributed by atoms with van der Waals surface area (Å²) in [5, 5.41) is 3.14. The Morgan fingerprint density at radius 1 is 1.25 bits per heavy atom. The van der Waals surface area contributed by atoms with Crippen LogP contribution in [0.15, 0.2) is 47.5 Å². The lowest BCUT2D eigenvalue weighted by Crippen LogP contribution is -2.26. The predicted molar refractivity (Wildman–Crippen MR) is 99.9 cm³/mol. The molecule has 2 aliphatic heterocycles. The molecular formula is C20H24N4.